The minimum absolute atomic E-state index is 1.16. The van der Waals surface area contributed by atoms with Crippen molar-refractivity contribution >= 4 is 0 Å². The number of allylic oxidation sites excluding steroid dienone is 8. The summed E-state index contributed by atoms with van der Waals surface area (Å²) < 4.78 is 0. The molecule has 1 aliphatic rings. The zero-order chi connectivity index (χ0) is 9.90. The van der Waals surface area contributed by atoms with Crippen LogP contribution in [0.2, 0.25) is 0 Å². The molecule has 0 aromatic carbocycles. The van der Waals surface area contributed by atoms with Gasteiger partial charge in [-0.15, -0.1) is 0 Å². The van der Waals surface area contributed by atoms with Gasteiger partial charge < -0.3 is 0 Å². The van der Waals surface area contributed by atoms with Crippen LogP contribution in [0, 0.1) is 6.08 Å². The van der Waals surface area contributed by atoms with Crippen molar-refractivity contribution in [2.24, 2.45) is 0 Å². The lowest BCUT2D eigenvalue weighted by molar-refractivity contribution is 0.840. The molecule has 0 unspecified atom stereocenters. The molecule has 14 heavy (non-hydrogen) atoms. The van der Waals surface area contributed by atoms with Crippen molar-refractivity contribution in [3.05, 3.63) is 48.6 Å². The highest BCUT2D eigenvalue weighted by Crippen LogP contribution is 2.03. The first-order valence-electron chi connectivity index (χ1n) is 5.54. The van der Waals surface area contributed by atoms with Gasteiger partial charge in [0, 0.05) is 0 Å². The van der Waals surface area contributed by atoms with Gasteiger partial charge in [-0.05, 0) is 44.6 Å². The fraction of sp³-hybridized carbons (Fsp3) is 0.429. The van der Waals surface area contributed by atoms with Crippen LogP contribution in [0.4, 0.5) is 0 Å². The van der Waals surface area contributed by atoms with Crippen LogP contribution in [0.25, 0.3) is 0 Å². The summed E-state index contributed by atoms with van der Waals surface area (Å²) >= 11 is 0. The van der Waals surface area contributed by atoms with Crippen LogP contribution < -0.4 is 0 Å². The SMILES string of the molecule is [C]1=C/C=C\CCC/C=C/CCC/C=C/1. The standard InChI is InChI=1S/C14H19/c1-2-4-6-8-10-12-14-13-11-9-7-5-3-1/h1-3,7,9-10,12H,4,6,8,11,13-14H2/b2-1-,5-3?,9-7+,12-10+. The van der Waals surface area contributed by atoms with Crippen molar-refractivity contribution < 1.29 is 0 Å². The summed E-state index contributed by atoms with van der Waals surface area (Å²) in [6.45, 7) is 0. The van der Waals surface area contributed by atoms with Gasteiger partial charge >= 0.3 is 0 Å². The third-order valence-electron chi connectivity index (χ3n) is 2.19. The van der Waals surface area contributed by atoms with Crippen LogP contribution in [-0.2, 0) is 0 Å². The summed E-state index contributed by atoms with van der Waals surface area (Å²) in [7, 11) is 0. The van der Waals surface area contributed by atoms with Gasteiger partial charge in [0.25, 0.3) is 0 Å². The highest BCUT2D eigenvalue weighted by Gasteiger charge is 1.83. The molecule has 0 saturated heterocycles. The lowest BCUT2D eigenvalue weighted by atomic mass is 10.1. The van der Waals surface area contributed by atoms with Crippen molar-refractivity contribution in [1.29, 1.82) is 0 Å². The number of hydrogen-bond acceptors (Lipinski definition) is 0. The fourth-order valence-electron chi connectivity index (χ4n) is 1.37. The molecule has 0 spiro atoms. The highest BCUT2D eigenvalue weighted by molar-refractivity contribution is 5.06. The number of rotatable bonds is 0. The molecule has 0 aromatic heterocycles. The Morgan fingerprint density at radius 1 is 0.714 bits per heavy atom. The van der Waals surface area contributed by atoms with Crippen molar-refractivity contribution in [3.63, 3.8) is 0 Å². The average Bonchev–Trinajstić information content (AvgIpc) is 2.22. The van der Waals surface area contributed by atoms with E-state index in [1.807, 2.05) is 12.2 Å². The third-order valence-corrected chi connectivity index (χ3v) is 2.19. The Hall–Kier alpha value is -1.04. The molecule has 0 aromatic rings. The first-order chi connectivity index (χ1) is 7.00. The van der Waals surface area contributed by atoms with E-state index in [1.54, 1.807) is 0 Å². The summed E-state index contributed by atoms with van der Waals surface area (Å²) in [4.78, 5) is 0. The summed E-state index contributed by atoms with van der Waals surface area (Å²) in [6, 6.07) is 0. The fourth-order valence-corrected chi connectivity index (χ4v) is 1.37. The van der Waals surface area contributed by atoms with Gasteiger partial charge in [0.05, 0.1) is 0 Å². The van der Waals surface area contributed by atoms with E-state index < -0.39 is 0 Å². The monoisotopic (exact) mass is 187 g/mol. The van der Waals surface area contributed by atoms with Gasteiger partial charge in [0.1, 0.15) is 0 Å². The second-order valence-corrected chi connectivity index (χ2v) is 3.50. The molecule has 0 fully saturated rings. The molecule has 0 amide bonds. The largest absolute Gasteiger partial charge is 0.0885 e. The van der Waals surface area contributed by atoms with E-state index in [1.165, 1.54) is 32.1 Å². The van der Waals surface area contributed by atoms with Crippen LogP contribution in [-0.4, -0.2) is 0 Å². The molecule has 1 rings (SSSR count). The lowest BCUT2D eigenvalue weighted by Crippen LogP contribution is -1.72. The molecular formula is C14H19. The maximum Gasteiger partial charge on any atom is -0.0187 e. The maximum absolute atomic E-state index is 3.13. The van der Waals surface area contributed by atoms with E-state index >= 15 is 0 Å². The molecular weight excluding hydrogens is 168 g/mol. The minimum Gasteiger partial charge on any atom is -0.0885 e. The molecule has 0 atom stereocenters. The molecule has 75 valence electrons. The Labute approximate surface area is 87.7 Å². The van der Waals surface area contributed by atoms with Crippen LogP contribution in [0.3, 0.4) is 0 Å². The molecule has 0 heteroatoms. The van der Waals surface area contributed by atoms with Gasteiger partial charge in [-0.2, -0.15) is 0 Å². The van der Waals surface area contributed by atoms with Gasteiger partial charge in [-0.1, -0.05) is 42.5 Å². The van der Waals surface area contributed by atoms with E-state index in [9.17, 15) is 0 Å². The molecule has 0 bridgehead atoms. The van der Waals surface area contributed by atoms with E-state index in [4.69, 9.17) is 0 Å². The molecule has 0 nitrogen and oxygen atoms in total. The summed E-state index contributed by atoms with van der Waals surface area (Å²) in [5, 5.41) is 0. The Bertz CT molecular complexity index is 204. The molecule has 0 heterocycles. The summed E-state index contributed by atoms with van der Waals surface area (Å²) in [6.07, 6.45) is 25.5. The van der Waals surface area contributed by atoms with Crippen molar-refractivity contribution in [3.8, 4) is 0 Å². The van der Waals surface area contributed by atoms with Crippen molar-refractivity contribution in [2.75, 3.05) is 0 Å². The lowest BCUT2D eigenvalue weighted by Gasteiger charge is -1.92. The summed E-state index contributed by atoms with van der Waals surface area (Å²) in [5.74, 6) is 0. The van der Waals surface area contributed by atoms with Crippen LogP contribution in [0.1, 0.15) is 38.5 Å². The van der Waals surface area contributed by atoms with E-state index in [-0.39, 0.29) is 0 Å². The van der Waals surface area contributed by atoms with Crippen molar-refractivity contribution in [2.45, 2.75) is 38.5 Å². The first kappa shape index (κ1) is 11.0. The highest BCUT2D eigenvalue weighted by atomic mass is 13.9. The predicted octanol–water partition coefficient (Wildman–Crippen LogP) is 4.37. The molecule has 0 aliphatic heterocycles. The van der Waals surface area contributed by atoms with Crippen LogP contribution in [0.5, 0.6) is 0 Å². The quantitative estimate of drug-likeness (QED) is 0.494. The Balaban J connectivity index is 2.35. The van der Waals surface area contributed by atoms with Crippen LogP contribution >= 0.6 is 0 Å². The Morgan fingerprint density at radius 2 is 1.36 bits per heavy atom. The predicted molar refractivity (Wildman–Crippen MR) is 62.9 cm³/mol. The maximum atomic E-state index is 3.13. The third kappa shape index (κ3) is 6.47. The molecule has 0 saturated carbocycles. The Morgan fingerprint density at radius 3 is 2.14 bits per heavy atom. The zero-order valence-corrected chi connectivity index (χ0v) is 8.78. The van der Waals surface area contributed by atoms with Crippen LogP contribution in [0.15, 0.2) is 42.5 Å². The molecule has 1 aliphatic carbocycles. The Kier molecular flexibility index (Phi) is 6.74. The van der Waals surface area contributed by atoms with Gasteiger partial charge in [0.2, 0.25) is 0 Å². The second kappa shape index (κ2) is 8.55. The number of hydrogen-bond donors (Lipinski definition) is 0. The van der Waals surface area contributed by atoms with Gasteiger partial charge in [-0.3, -0.25) is 0 Å². The van der Waals surface area contributed by atoms with Crippen molar-refractivity contribution in [1.82, 2.24) is 0 Å². The normalized spacial score (nSPS) is 28.6. The topological polar surface area (TPSA) is 0 Å². The van der Waals surface area contributed by atoms with Gasteiger partial charge in [0.15, 0.2) is 0 Å². The summed E-state index contributed by atoms with van der Waals surface area (Å²) in [5.41, 5.74) is 0. The molecule has 1 radical (unpaired) electrons. The average molecular weight is 187 g/mol. The zero-order valence-electron chi connectivity index (χ0n) is 8.78. The molecule has 0 N–H and O–H groups in total. The first-order valence-corrected chi connectivity index (χ1v) is 5.54. The smallest absolute Gasteiger partial charge is 0.0187 e. The van der Waals surface area contributed by atoms with E-state index in [2.05, 4.69) is 36.5 Å². The van der Waals surface area contributed by atoms with E-state index in [0.717, 1.165) is 6.42 Å². The minimum atomic E-state index is 1.16. The van der Waals surface area contributed by atoms with Gasteiger partial charge in [-0.25, -0.2) is 0 Å². The van der Waals surface area contributed by atoms with E-state index in [0.29, 0.717) is 0 Å². The second-order valence-electron chi connectivity index (χ2n) is 3.50.